The summed E-state index contributed by atoms with van der Waals surface area (Å²) in [7, 11) is 0. The van der Waals surface area contributed by atoms with Gasteiger partial charge in [-0.2, -0.15) is 14.9 Å². The van der Waals surface area contributed by atoms with Crippen molar-refractivity contribution in [1.29, 1.82) is 0 Å². The van der Waals surface area contributed by atoms with Crippen molar-refractivity contribution in [3.05, 3.63) is 23.7 Å². The first-order valence-corrected chi connectivity index (χ1v) is 5.50. The number of rotatable bonds is 5. The van der Waals surface area contributed by atoms with Crippen LogP contribution in [0.5, 0.6) is 11.6 Å². The van der Waals surface area contributed by atoms with Crippen LogP contribution >= 0.6 is 0 Å². The number of hydrogen-bond acceptors (Lipinski definition) is 4. The summed E-state index contributed by atoms with van der Waals surface area (Å²) >= 11 is 0. The number of aryl methyl sites for hydroxylation is 2. The molecule has 2 heterocycles. The molecule has 0 radical (unpaired) electrons. The van der Waals surface area contributed by atoms with Crippen LogP contribution in [0, 0.1) is 13.8 Å². The van der Waals surface area contributed by atoms with Crippen molar-refractivity contribution in [2.45, 2.75) is 27.5 Å². The molecule has 92 valence electrons. The van der Waals surface area contributed by atoms with E-state index >= 15 is 0 Å². The molecule has 0 spiro atoms. The highest BCUT2D eigenvalue weighted by atomic mass is 16.5. The molecule has 6 heteroatoms. The minimum Gasteiger partial charge on any atom is -0.478 e. The van der Waals surface area contributed by atoms with E-state index in [-0.39, 0.29) is 0 Å². The van der Waals surface area contributed by atoms with Crippen LogP contribution in [0.1, 0.15) is 18.3 Å². The number of hydrogen-bond donors (Lipinski definition) is 1. The van der Waals surface area contributed by atoms with E-state index in [4.69, 9.17) is 9.47 Å². The zero-order valence-corrected chi connectivity index (χ0v) is 10.2. The van der Waals surface area contributed by atoms with Crippen molar-refractivity contribution in [2.24, 2.45) is 0 Å². The lowest BCUT2D eigenvalue weighted by Crippen LogP contribution is -2.09. The Morgan fingerprint density at radius 3 is 2.82 bits per heavy atom. The van der Waals surface area contributed by atoms with Crippen LogP contribution in [0.15, 0.2) is 12.3 Å². The Labute approximate surface area is 99.5 Å². The van der Waals surface area contributed by atoms with Gasteiger partial charge in [0.2, 0.25) is 5.88 Å². The van der Waals surface area contributed by atoms with E-state index in [0.717, 1.165) is 17.1 Å². The molecule has 0 aliphatic rings. The number of nitrogens with zero attached hydrogens (tertiary/aromatic N) is 3. The second kappa shape index (κ2) is 4.90. The predicted octanol–water partition coefficient (Wildman–Crippen LogP) is 1.66. The van der Waals surface area contributed by atoms with E-state index in [2.05, 4.69) is 15.3 Å². The summed E-state index contributed by atoms with van der Waals surface area (Å²) in [6.45, 7) is 6.68. The minimum absolute atomic E-state index is 0.309. The van der Waals surface area contributed by atoms with Crippen LogP contribution in [0.4, 0.5) is 0 Å². The van der Waals surface area contributed by atoms with Gasteiger partial charge in [-0.3, -0.25) is 5.10 Å². The van der Waals surface area contributed by atoms with Gasteiger partial charge in [0.25, 0.3) is 0 Å². The predicted molar refractivity (Wildman–Crippen MR) is 62.1 cm³/mol. The van der Waals surface area contributed by atoms with Gasteiger partial charge in [0, 0.05) is 6.07 Å². The molecule has 0 atom stereocenters. The van der Waals surface area contributed by atoms with Gasteiger partial charge < -0.3 is 9.47 Å². The molecule has 0 aromatic carbocycles. The van der Waals surface area contributed by atoms with E-state index in [9.17, 15) is 0 Å². The molecular weight excluding hydrogens is 220 g/mol. The van der Waals surface area contributed by atoms with Crippen molar-refractivity contribution >= 4 is 0 Å². The average Bonchev–Trinajstić information content (AvgIpc) is 2.83. The molecule has 0 unspecified atom stereocenters. The van der Waals surface area contributed by atoms with Crippen LogP contribution in [0.3, 0.4) is 0 Å². The normalized spacial score (nSPS) is 10.5. The number of ether oxygens (including phenoxy) is 2. The zero-order valence-electron chi connectivity index (χ0n) is 10.2. The Hall–Kier alpha value is -1.98. The lowest BCUT2D eigenvalue weighted by Gasteiger charge is -2.08. The molecule has 0 aliphatic carbocycles. The zero-order chi connectivity index (χ0) is 12.3. The summed E-state index contributed by atoms with van der Waals surface area (Å²) in [6, 6.07) is 1.88. The van der Waals surface area contributed by atoms with Gasteiger partial charge in [0.15, 0.2) is 12.5 Å². The van der Waals surface area contributed by atoms with Crippen LogP contribution in [-0.4, -0.2) is 26.6 Å². The summed E-state index contributed by atoms with van der Waals surface area (Å²) in [5.74, 6) is 1.44. The van der Waals surface area contributed by atoms with Gasteiger partial charge in [-0.05, 0) is 20.8 Å². The Morgan fingerprint density at radius 1 is 1.35 bits per heavy atom. The SMILES string of the molecule is CCOc1cc(C)nn1COc1cn[nH]c1C. The second-order valence-corrected chi connectivity index (χ2v) is 3.69. The highest BCUT2D eigenvalue weighted by Crippen LogP contribution is 2.17. The fourth-order valence-electron chi connectivity index (χ4n) is 1.49. The molecule has 2 rings (SSSR count). The van der Waals surface area contributed by atoms with E-state index in [0.29, 0.717) is 19.2 Å². The Kier molecular flexibility index (Phi) is 3.32. The molecule has 6 nitrogen and oxygen atoms in total. The third-order valence-corrected chi connectivity index (χ3v) is 2.28. The third kappa shape index (κ3) is 2.58. The lowest BCUT2D eigenvalue weighted by atomic mass is 10.4. The molecule has 0 saturated heterocycles. The minimum atomic E-state index is 0.309. The highest BCUT2D eigenvalue weighted by Gasteiger charge is 2.08. The van der Waals surface area contributed by atoms with Crippen LogP contribution in [-0.2, 0) is 6.73 Å². The number of nitrogens with one attached hydrogen (secondary N) is 1. The Morgan fingerprint density at radius 2 is 2.18 bits per heavy atom. The van der Waals surface area contributed by atoms with E-state index < -0.39 is 0 Å². The van der Waals surface area contributed by atoms with Crippen molar-refractivity contribution in [3.8, 4) is 11.6 Å². The van der Waals surface area contributed by atoms with Gasteiger partial charge in [-0.1, -0.05) is 0 Å². The highest BCUT2D eigenvalue weighted by molar-refractivity contribution is 5.22. The van der Waals surface area contributed by atoms with Crippen molar-refractivity contribution in [1.82, 2.24) is 20.0 Å². The number of H-pyrrole nitrogens is 1. The molecule has 0 aliphatic heterocycles. The van der Waals surface area contributed by atoms with Crippen molar-refractivity contribution in [2.75, 3.05) is 6.61 Å². The Balaban J connectivity index is 2.05. The molecule has 2 aromatic rings. The number of aromatic amines is 1. The first kappa shape index (κ1) is 11.5. The number of aromatic nitrogens is 4. The van der Waals surface area contributed by atoms with Crippen LogP contribution in [0.25, 0.3) is 0 Å². The maximum absolute atomic E-state index is 5.59. The van der Waals surface area contributed by atoms with Gasteiger partial charge in [0.1, 0.15) is 0 Å². The first-order valence-electron chi connectivity index (χ1n) is 5.50. The standard InChI is InChI=1S/C11H16N4O2/c1-4-16-11-5-8(2)14-15(11)7-17-10-6-12-13-9(10)3/h5-6H,4,7H2,1-3H3,(H,12,13). The molecule has 0 saturated carbocycles. The first-order chi connectivity index (χ1) is 8.20. The van der Waals surface area contributed by atoms with Crippen molar-refractivity contribution in [3.63, 3.8) is 0 Å². The average molecular weight is 236 g/mol. The van der Waals surface area contributed by atoms with Crippen molar-refractivity contribution < 1.29 is 9.47 Å². The van der Waals surface area contributed by atoms with E-state index in [1.807, 2.05) is 26.8 Å². The van der Waals surface area contributed by atoms with Gasteiger partial charge in [-0.25, -0.2) is 0 Å². The summed E-state index contributed by atoms with van der Waals surface area (Å²) in [5, 5.41) is 11.0. The summed E-state index contributed by atoms with van der Waals surface area (Å²) in [4.78, 5) is 0. The summed E-state index contributed by atoms with van der Waals surface area (Å²) in [5.41, 5.74) is 1.80. The Bertz CT molecular complexity index is 489. The van der Waals surface area contributed by atoms with Gasteiger partial charge in [-0.15, -0.1) is 0 Å². The smallest absolute Gasteiger partial charge is 0.215 e. The monoisotopic (exact) mass is 236 g/mol. The van der Waals surface area contributed by atoms with Gasteiger partial charge in [0.05, 0.1) is 24.2 Å². The maximum Gasteiger partial charge on any atom is 0.215 e. The molecule has 0 amide bonds. The topological polar surface area (TPSA) is 65.0 Å². The maximum atomic E-state index is 5.59. The lowest BCUT2D eigenvalue weighted by molar-refractivity contribution is 0.192. The summed E-state index contributed by atoms with van der Waals surface area (Å²) in [6.07, 6.45) is 1.64. The van der Waals surface area contributed by atoms with Crippen LogP contribution in [0.2, 0.25) is 0 Å². The largest absolute Gasteiger partial charge is 0.478 e. The molecular formula is C11H16N4O2. The van der Waals surface area contributed by atoms with Crippen LogP contribution < -0.4 is 9.47 Å². The quantitative estimate of drug-likeness (QED) is 0.857. The molecule has 1 N–H and O–H groups in total. The second-order valence-electron chi connectivity index (χ2n) is 3.69. The fraction of sp³-hybridized carbons (Fsp3) is 0.455. The third-order valence-electron chi connectivity index (χ3n) is 2.28. The van der Waals surface area contributed by atoms with E-state index in [1.165, 1.54) is 0 Å². The summed E-state index contributed by atoms with van der Waals surface area (Å²) < 4.78 is 12.7. The molecule has 17 heavy (non-hydrogen) atoms. The van der Waals surface area contributed by atoms with E-state index in [1.54, 1.807) is 10.9 Å². The molecule has 0 fully saturated rings. The molecule has 2 aromatic heterocycles. The van der Waals surface area contributed by atoms with Gasteiger partial charge >= 0.3 is 0 Å². The molecule has 0 bridgehead atoms. The fourth-order valence-corrected chi connectivity index (χ4v) is 1.49.